The average molecular weight is 198 g/mol. The van der Waals surface area contributed by atoms with E-state index < -0.39 is 11.9 Å². The highest BCUT2D eigenvalue weighted by Crippen LogP contribution is 2.13. The fraction of sp³-hybridized carbons (Fsp3) is 0.600. The third kappa shape index (κ3) is 3.20. The number of hydrogen-bond acceptors (Lipinski definition) is 4. The molecule has 0 aliphatic heterocycles. The molecule has 0 amide bonds. The molecule has 14 heavy (non-hydrogen) atoms. The van der Waals surface area contributed by atoms with Crippen LogP contribution in [0.5, 0.6) is 0 Å². The van der Waals surface area contributed by atoms with Crippen LogP contribution in [0.2, 0.25) is 0 Å². The highest BCUT2D eigenvalue weighted by atomic mass is 16.6. The minimum atomic E-state index is -0.911. The summed E-state index contributed by atoms with van der Waals surface area (Å²) >= 11 is 0. The zero-order chi connectivity index (χ0) is 10.4. The Balaban J connectivity index is 2.35. The normalized spacial score (nSPS) is 20.2. The van der Waals surface area contributed by atoms with Crippen LogP contribution < -0.4 is 0 Å². The molecule has 0 saturated heterocycles. The van der Waals surface area contributed by atoms with Gasteiger partial charge in [-0.25, -0.2) is 9.59 Å². The lowest BCUT2D eigenvalue weighted by Gasteiger charge is -2.16. The summed E-state index contributed by atoms with van der Waals surface area (Å²) in [6.07, 6.45) is 6.26. The summed E-state index contributed by atoms with van der Waals surface area (Å²) in [4.78, 5) is 22.0. The maximum Gasteiger partial charge on any atom is 0.418 e. The molecule has 4 nitrogen and oxygen atoms in total. The van der Waals surface area contributed by atoms with Crippen molar-refractivity contribution in [3.8, 4) is 0 Å². The Morgan fingerprint density at radius 1 is 1.43 bits per heavy atom. The van der Waals surface area contributed by atoms with E-state index in [2.05, 4.69) is 4.74 Å². The minimum Gasteiger partial charge on any atom is -0.458 e. The van der Waals surface area contributed by atoms with Crippen LogP contribution in [0.3, 0.4) is 0 Å². The van der Waals surface area contributed by atoms with E-state index in [4.69, 9.17) is 4.74 Å². The van der Waals surface area contributed by atoms with E-state index in [-0.39, 0.29) is 12.7 Å². The fourth-order valence-corrected chi connectivity index (χ4v) is 1.25. The summed E-state index contributed by atoms with van der Waals surface area (Å²) in [5, 5.41) is 0. The molecule has 0 aromatic rings. The molecular formula is C10H14O4. The van der Waals surface area contributed by atoms with E-state index in [0.29, 0.717) is 0 Å². The van der Waals surface area contributed by atoms with Gasteiger partial charge in [0.25, 0.3) is 0 Å². The molecule has 1 atom stereocenters. The second-order valence-electron chi connectivity index (χ2n) is 3.02. The number of carbonyl (C=O) groups excluding carboxylic acids is 2. The molecule has 1 aliphatic carbocycles. The lowest BCUT2D eigenvalue weighted by Crippen LogP contribution is -2.25. The van der Waals surface area contributed by atoms with Gasteiger partial charge in [-0.2, -0.15) is 0 Å². The molecular weight excluding hydrogens is 184 g/mol. The standard InChI is InChI=1S/C10H14O4/c1-2-13-9(11)10(12)14-8-6-4-3-5-7-8/h4,6,8H,2-3,5,7H2,1H3. The predicted molar refractivity (Wildman–Crippen MR) is 49.5 cm³/mol. The molecule has 1 aliphatic rings. The van der Waals surface area contributed by atoms with Gasteiger partial charge in [0.05, 0.1) is 6.61 Å². The smallest absolute Gasteiger partial charge is 0.418 e. The number of ether oxygens (including phenoxy) is 2. The van der Waals surface area contributed by atoms with Gasteiger partial charge in [-0.05, 0) is 32.3 Å². The van der Waals surface area contributed by atoms with Crippen molar-refractivity contribution in [2.24, 2.45) is 0 Å². The van der Waals surface area contributed by atoms with Crippen molar-refractivity contribution in [3.63, 3.8) is 0 Å². The third-order valence-corrected chi connectivity index (χ3v) is 1.91. The topological polar surface area (TPSA) is 52.6 Å². The van der Waals surface area contributed by atoms with E-state index in [1.54, 1.807) is 13.0 Å². The summed E-state index contributed by atoms with van der Waals surface area (Å²) in [5.74, 6) is -1.81. The molecule has 0 aromatic heterocycles. The third-order valence-electron chi connectivity index (χ3n) is 1.91. The van der Waals surface area contributed by atoms with Crippen molar-refractivity contribution in [2.75, 3.05) is 6.61 Å². The van der Waals surface area contributed by atoms with Gasteiger partial charge in [0.1, 0.15) is 6.10 Å². The minimum absolute atomic E-state index is 0.189. The van der Waals surface area contributed by atoms with Crippen LogP contribution in [-0.2, 0) is 19.1 Å². The summed E-state index contributed by atoms with van der Waals surface area (Å²) in [6.45, 7) is 1.83. The molecule has 0 spiro atoms. The van der Waals surface area contributed by atoms with Gasteiger partial charge in [0, 0.05) is 0 Å². The van der Waals surface area contributed by atoms with Gasteiger partial charge >= 0.3 is 11.9 Å². The number of allylic oxidation sites excluding steroid dienone is 1. The van der Waals surface area contributed by atoms with E-state index >= 15 is 0 Å². The van der Waals surface area contributed by atoms with Crippen molar-refractivity contribution >= 4 is 11.9 Å². The van der Waals surface area contributed by atoms with Crippen molar-refractivity contribution < 1.29 is 19.1 Å². The van der Waals surface area contributed by atoms with Crippen LogP contribution in [0, 0.1) is 0 Å². The van der Waals surface area contributed by atoms with E-state index in [1.165, 1.54) is 0 Å². The van der Waals surface area contributed by atoms with Crippen molar-refractivity contribution in [3.05, 3.63) is 12.2 Å². The molecule has 1 unspecified atom stereocenters. The van der Waals surface area contributed by atoms with E-state index in [0.717, 1.165) is 19.3 Å². The molecule has 0 fully saturated rings. The highest BCUT2D eigenvalue weighted by molar-refractivity contribution is 6.29. The lowest BCUT2D eigenvalue weighted by atomic mass is 10.1. The molecule has 0 radical (unpaired) electrons. The van der Waals surface area contributed by atoms with Crippen LogP contribution in [0.4, 0.5) is 0 Å². The van der Waals surface area contributed by atoms with Crippen molar-refractivity contribution in [1.29, 1.82) is 0 Å². The molecule has 0 aromatic carbocycles. The lowest BCUT2D eigenvalue weighted by molar-refractivity contribution is -0.169. The van der Waals surface area contributed by atoms with Gasteiger partial charge in [0.15, 0.2) is 0 Å². The molecule has 78 valence electrons. The largest absolute Gasteiger partial charge is 0.458 e. The van der Waals surface area contributed by atoms with Gasteiger partial charge in [0.2, 0.25) is 0 Å². The van der Waals surface area contributed by atoms with E-state index in [9.17, 15) is 9.59 Å². The second kappa shape index (κ2) is 5.42. The Morgan fingerprint density at radius 2 is 2.21 bits per heavy atom. The Hall–Kier alpha value is -1.32. The fourth-order valence-electron chi connectivity index (χ4n) is 1.25. The zero-order valence-electron chi connectivity index (χ0n) is 8.19. The molecule has 0 N–H and O–H groups in total. The summed E-state index contributed by atoms with van der Waals surface area (Å²) in [7, 11) is 0. The van der Waals surface area contributed by atoms with Gasteiger partial charge in [-0.1, -0.05) is 6.08 Å². The van der Waals surface area contributed by atoms with E-state index in [1.807, 2.05) is 6.08 Å². The first-order valence-electron chi connectivity index (χ1n) is 4.78. The molecule has 0 heterocycles. The van der Waals surface area contributed by atoms with Crippen LogP contribution in [0.1, 0.15) is 26.2 Å². The maximum atomic E-state index is 11.1. The predicted octanol–water partition coefficient (Wildman–Crippen LogP) is 1.20. The molecule has 1 rings (SSSR count). The molecule has 0 bridgehead atoms. The Kier molecular flexibility index (Phi) is 4.16. The summed E-state index contributed by atoms with van der Waals surface area (Å²) in [5.41, 5.74) is 0. The summed E-state index contributed by atoms with van der Waals surface area (Å²) < 4.78 is 9.41. The zero-order valence-corrected chi connectivity index (χ0v) is 8.19. The Bertz CT molecular complexity index is 245. The SMILES string of the molecule is CCOC(=O)C(=O)OC1C=CCCC1. The average Bonchev–Trinajstić information content (AvgIpc) is 2.19. The number of hydrogen-bond donors (Lipinski definition) is 0. The van der Waals surface area contributed by atoms with Crippen LogP contribution in [-0.4, -0.2) is 24.6 Å². The highest BCUT2D eigenvalue weighted by Gasteiger charge is 2.21. The monoisotopic (exact) mass is 198 g/mol. The molecule has 0 saturated carbocycles. The van der Waals surface area contributed by atoms with Crippen LogP contribution >= 0.6 is 0 Å². The quantitative estimate of drug-likeness (QED) is 0.380. The van der Waals surface area contributed by atoms with Gasteiger partial charge in [-0.15, -0.1) is 0 Å². The first-order chi connectivity index (χ1) is 6.74. The number of esters is 2. The molecule has 4 heteroatoms. The Labute approximate surface area is 82.9 Å². The van der Waals surface area contributed by atoms with Crippen molar-refractivity contribution in [2.45, 2.75) is 32.3 Å². The van der Waals surface area contributed by atoms with Gasteiger partial charge in [-0.3, -0.25) is 0 Å². The second-order valence-corrected chi connectivity index (χ2v) is 3.02. The maximum absolute atomic E-state index is 11.1. The Morgan fingerprint density at radius 3 is 2.79 bits per heavy atom. The first-order valence-corrected chi connectivity index (χ1v) is 4.78. The first kappa shape index (κ1) is 10.8. The van der Waals surface area contributed by atoms with Gasteiger partial charge < -0.3 is 9.47 Å². The van der Waals surface area contributed by atoms with Crippen LogP contribution in [0.15, 0.2) is 12.2 Å². The number of carbonyl (C=O) groups is 2. The van der Waals surface area contributed by atoms with Crippen LogP contribution in [0.25, 0.3) is 0 Å². The van der Waals surface area contributed by atoms with Crippen molar-refractivity contribution in [1.82, 2.24) is 0 Å². The summed E-state index contributed by atoms with van der Waals surface area (Å²) in [6, 6.07) is 0. The number of rotatable bonds is 2.